The van der Waals surface area contributed by atoms with E-state index in [0.717, 1.165) is 38.8 Å². The maximum absolute atomic E-state index is 6.16. The first-order valence-corrected chi connectivity index (χ1v) is 7.31. The lowest BCUT2D eigenvalue weighted by atomic mass is 10.1. The van der Waals surface area contributed by atoms with Crippen molar-refractivity contribution in [1.29, 1.82) is 0 Å². The van der Waals surface area contributed by atoms with Gasteiger partial charge in [-0.15, -0.1) is 11.3 Å². The molecule has 0 spiro atoms. The highest BCUT2D eigenvalue weighted by atomic mass is 35.5. The van der Waals surface area contributed by atoms with Crippen LogP contribution < -0.4 is 5.73 Å². The Balaban J connectivity index is 1.83. The predicted octanol–water partition coefficient (Wildman–Crippen LogP) is 4.32. The molecule has 2 N–H and O–H groups in total. The molecule has 0 saturated carbocycles. The van der Waals surface area contributed by atoms with Crippen LogP contribution in [0.2, 0.25) is 5.02 Å². The molecule has 0 saturated heterocycles. The Morgan fingerprint density at radius 3 is 2.68 bits per heavy atom. The van der Waals surface area contributed by atoms with Crippen LogP contribution in [0.1, 0.15) is 10.6 Å². The Hall–Kier alpha value is -1.58. The summed E-state index contributed by atoms with van der Waals surface area (Å²) in [6.07, 6.45) is 1.80. The SMILES string of the molecule is Nc1ccccc1CCc1nc2cccc(Cl)c2s1. The Kier molecular flexibility index (Phi) is 3.40. The molecule has 0 amide bonds. The minimum Gasteiger partial charge on any atom is -0.399 e. The van der Waals surface area contributed by atoms with Crippen LogP contribution in [0.3, 0.4) is 0 Å². The van der Waals surface area contributed by atoms with Gasteiger partial charge in [-0.05, 0) is 30.2 Å². The molecule has 0 bridgehead atoms. The fourth-order valence-electron chi connectivity index (χ4n) is 2.07. The number of para-hydroxylation sites is 1. The Morgan fingerprint density at radius 2 is 1.89 bits per heavy atom. The summed E-state index contributed by atoms with van der Waals surface area (Å²) in [4.78, 5) is 4.61. The lowest BCUT2D eigenvalue weighted by molar-refractivity contribution is 0.951. The van der Waals surface area contributed by atoms with E-state index in [0.29, 0.717) is 0 Å². The van der Waals surface area contributed by atoms with E-state index in [1.807, 2.05) is 36.4 Å². The first kappa shape index (κ1) is 12.5. The molecule has 96 valence electrons. The van der Waals surface area contributed by atoms with E-state index in [1.165, 1.54) is 5.56 Å². The second-order valence-electron chi connectivity index (χ2n) is 4.39. The van der Waals surface area contributed by atoms with Crippen molar-refractivity contribution < 1.29 is 0 Å². The highest BCUT2D eigenvalue weighted by molar-refractivity contribution is 7.19. The molecule has 2 nitrogen and oxygen atoms in total. The summed E-state index contributed by atoms with van der Waals surface area (Å²) >= 11 is 7.83. The summed E-state index contributed by atoms with van der Waals surface area (Å²) in [6.45, 7) is 0. The number of rotatable bonds is 3. The van der Waals surface area contributed by atoms with Gasteiger partial charge >= 0.3 is 0 Å². The third kappa shape index (κ3) is 2.57. The summed E-state index contributed by atoms with van der Waals surface area (Å²) in [6, 6.07) is 13.8. The summed E-state index contributed by atoms with van der Waals surface area (Å²) < 4.78 is 1.07. The van der Waals surface area contributed by atoms with E-state index in [2.05, 4.69) is 11.1 Å². The number of aryl methyl sites for hydroxylation is 2. The van der Waals surface area contributed by atoms with Crippen molar-refractivity contribution in [2.75, 3.05) is 5.73 Å². The molecule has 0 aliphatic rings. The summed E-state index contributed by atoms with van der Waals surface area (Å²) in [7, 11) is 0. The molecule has 1 aromatic heterocycles. The van der Waals surface area contributed by atoms with E-state index >= 15 is 0 Å². The number of nitrogens with zero attached hydrogens (tertiary/aromatic N) is 1. The quantitative estimate of drug-likeness (QED) is 0.729. The van der Waals surface area contributed by atoms with Crippen LogP contribution >= 0.6 is 22.9 Å². The molecule has 2 aromatic carbocycles. The molecule has 0 unspecified atom stereocenters. The van der Waals surface area contributed by atoms with Crippen LogP contribution in [0.5, 0.6) is 0 Å². The minimum absolute atomic E-state index is 0.778. The third-order valence-corrected chi connectivity index (χ3v) is 4.67. The van der Waals surface area contributed by atoms with Gasteiger partial charge in [-0.25, -0.2) is 4.98 Å². The lowest BCUT2D eigenvalue weighted by Gasteiger charge is -2.02. The maximum atomic E-state index is 6.16. The molecule has 19 heavy (non-hydrogen) atoms. The molecule has 3 aromatic rings. The minimum atomic E-state index is 0.778. The largest absolute Gasteiger partial charge is 0.399 e. The van der Waals surface area contributed by atoms with Gasteiger partial charge in [0, 0.05) is 12.1 Å². The number of hydrogen-bond donors (Lipinski definition) is 1. The molecule has 0 radical (unpaired) electrons. The average molecular weight is 289 g/mol. The number of nitrogen functional groups attached to an aromatic ring is 1. The first-order chi connectivity index (χ1) is 9.24. The van der Waals surface area contributed by atoms with E-state index in [4.69, 9.17) is 17.3 Å². The normalized spacial score (nSPS) is 11.0. The fraction of sp³-hybridized carbons (Fsp3) is 0.133. The van der Waals surface area contributed by atoms with Crippen molar-refractivity contribution in [2.45, 2.75) is 12.8 Å². The van der Waals surface area contributed by atoms with E-state index in [-0.39, 0.29) is 0 Å². The van der Waals surface area contributed by atoms with Gasteiger partial charge in [0.15, 0.2) is 0 Å². The number of thiazole rings is 1. The average Bonchev–Trinajstić information content (AvgIpc) is 2.82. The number of halogens is 1. The van der Waals surface area contributed by atoms with Crippen LogP contribution in [0.4, 0.5) is 5.69 Å². The molecule has 3 rings (SSSR count). The fourth-order valence-corrected chi connectivity index (χ4v) is 3.32. The monoisotopic (exact) mass is 288 g/mol. The van der Waals surface area contributed by atoms with E-state index in [1.54, 1.807) is 11.3 Å². The van der Waals surface area contributed by atoms with E-state index < -0.39 is 0 Å². The Bertz CT molecular complexity index is 721. The standard InChI is InChI=1S/C15H13ClN2S/c16-11-5-3-7-13-15(11)19-14(18-13)9-8-10-4-1-2-6-12(10)17/h1-7H,8-9,17H2. The topological polar surface area (TPSA) is 38.9 Å². The van der Waals surface area contributed by atoms with Gasteiger partial charge in [0.25, 0.3) is 0 Å². The zero-order valence-corrected chi connectivity index (χ0v) is 11.8. The number of benzene rings is 2. The number of nitrogens with two attached hydrogens (primary N) is 1. The number of aromatic nitrogens is 1. The van der Waals surface area contributed by atoms with E-state index in [9.17, 15) is 0 Å². The highest BCUT2D eigenvalue weighted by Gasteiger charge is 2.07. The zero-order valence-electron chi connectivity index (χ0n) is 10.3. The molecule has 4 heteroatoms. The van der Waals surface area contributed by atoms with Crippen LogP contribution in [-0.2, 0) is 12.8 Å². The Labute approximate surface area is 120 Å². The number of anilines is 1. The van der Waals surface area contributed by atoms with Gasteiger partial charge in [0.1, 0.15) is 0 Å². The maximum Gasteiger partial charge on any atom is 0.0942 e. The lowest BCUT2D eigenvalue weighted by Crippen LogP contribution is -1.96. The second kappa shape index (κ2) is 5.19. The van der Waals surface area contributed by atoms with Gasteiger partial charge < -0.3 is 5.73 Å². The van der Waals surface area contributed by atoms with Crippen LogP contribution in [-0.4, -0.2) is 4.98 Å². The molecule has 0 fully saturated rings. The van der Waals surface area contributed by atoms with Gasteiger partial charge in [-0.1, -0.05) is 35.9 Å². The molecule has 0 atom stereocenters. The van der Waals surface area contributed by atoms with Gasteiger partial charge in [-0.2, -0.15) is 0 Å². The van der Waals surface area contributed by atoms with Crippen LogP contribution in [0.15, 0.2) is 42.5 Å². The first-order valence-electron chi connectivity index (χ1n) is 6.11. The molecule has 1 heterocycles. The molecular weight excluding hydrogens is 276 g/mol. The van der Waals surface area contributed by atoms with Crippen molar-refractivity contribution in [3.8, 4) is 0 Å². The zero-order chi connectivity index (χ0) is 13.2. The highest BCUT2D eigenvalue weighted by Crippen LogP contribution is 2.29. The van der Waals surface area contributed by atoms with Crippen molar-refractivity contribution in [1.82, 2.24) is 4.98 Å². The van der Waals surface area contributed by atoms with Crippen molar-refractivity contribution >= 4 is 38.8 Å². The van der Waals surface area contributed by atoms with Gasteiger partial charge in [-0.3, -0.25) is 0 Å². The summed E-state index contributed by atoms with van der Waals surface area (Å²) in [5.41, 5.74) is 8.95. The van der Waals surface area contributed by atoms with Gasteiger partial charge in [0.2, 0.25) is 0 Å². The van der Waals surface area contributed by atoms with Gasteiger partial charge in [0.05, 0.1) is 20.2 Å². The summed E-state index contributed by atoms with van der Waals surface area (Å²) in [5.74, 6) is 0. The molecular formula is C15H13ClN2S. The van der Waals surface area contributed by atoms with Crippen molar-refractivity contribution in [3.05, 3.63) is 58.1 Å². The number of hydrogen-bond acceptors (Lipinski definition) is 3. The summed E-state index contributed by atoms with van der Waals surface area (Å²) in [5, 5.41) is 1.88. The van der Waals surface area contributed by atoms with Crippen molar-refractivity contribution in [2.24, 2.45) is 0 Å². The molecule has 0 aliphatic carbocycles. The predicted molar refractivity (Wildman–Crippen MR) is 82.9 cm³/mol. The van der Waals surface area contributed by atoms with Crippen molar-refractivity contribution in [3.63, 3.8) is 0 Å². The second-order valence-corrected chi connectivity index (χ2v) is 5.89. The van der Waals surface area contributed by atoms with Crippen LogP contribution in [0.25, 0.3) is 10.2 Å². The third-order valence-electron chi connectivity index (χ3n) is 3.07. The number of fused-ring (bicyclic) bond motifs is 1. The molecule has 0 aliphatic heterocycles. The smallest absolute Gasteiger partial charge is 0.0942 e. The Morgan fingerprint density at radius 1 is 1.05 bits per heavy atom. The van der Waals surface area contributed by atoms with Crippen LogP contribution in [0, 0.1) is 0 Å².